The third-order valence-corrected chi connectivity index (χ3v) is 2.65. The van der Waals surface area contributed by atoms with Gasteiger partial charge in [0.1, 0.15) is 0 Å². The van der Waals surface area contributed by atoms with Gasteiger partial charge < -0.3 is 0 Å². The zero-order valence-electron chi connectivity index (χ0n) is 6.20. The van der Waals surface area contributed by atoms with E-state index in [4.69, 9.17) is 11.1 Å². The minimum absolute atomic E-state index is 0.399. The fourth-order valence-electron chi connectivity index (χ4n) is 0.632. The van der Waals surface area contributed by atoms with E-state index in [0.717, 1.165) is 16.5 Å². The highest BCUT2D eigenvalue weighted by atomic mass is 32.2. The molecule has 0 saturated heterocycles. The van der Waals surface area contributed by atoms with Crippen molar-refractivity contribution in [2.24, 2.45) is 5.73 Å². The lowest BCUT2D eigenvalue weighted by molar-refractivity contribution is -0.110. The Kier molecular flexibility index (Phi) is 2.90. The van der Waals surface area contributed by atoms with E-state index in [9.17, 15) is 0 Å². The molecule has 1 rings (SSSR count). The lowest BCUT2D eigenvalue weighted by atomic mass is 10.6. The molecule has 0 fully saturated rings. The van der Waals surface area contributed by atoms with Crippen molar-refractivity contribution in [1.82, 2.24) is 4.98 Å². The Morgan fingerprint density at radius 1 is 1.91 bits per heavy atom. The zero-order valence-corrected chi connectivity index (χ0v) is 7.84. The Balaban J connectivity index is 2.45. The second-order valence-corrected chi connectivity index (χ2v) is 4.16. The first-order chi connectivity index (χ1) is 5.18. The Bertz CT molecular complexity index is 256. The first-order valence-corrected chi connectivity index (χ1v) is 4.96. The van der Waals surface area contributed by atoms with Crippen LogP contribution in [-0.4, -0.2) is 10.2 Å². The van der Waals surface area contributed by atoms with Gasteiger partial charge in [0.25, 0.3) is 5.17 Å². The number of aromatic nitrogens is 1. The summed E-state index contributed by atoms with van der Waals surface area (Å²) < 4.78 is 0. The van der Waals surface area contributed by atoms with Gasteiger partial charge in [-0.3, -0.25) is 11.1 Å². The van der Waals surface area contributed by atoms with E-state index in [-0.39, 0.29) is 0 Å². The van der Waals surface area contributed by atoms with E-state index < -0.39 is 0 Å². The Labute approximate surface area is 73.5 Å². The maximum absolute atomic E-state index is 5.28. The summed E-state index contributed by atoms with van der Waals surface area (Å²) >= 11 is 3.05. The number of hydrogen-bond donors (Lipinski definition) is 2. The average molecular weight is 188 g/mol. The summed E-state index contributed by atoms with van der Waals surface area (Å²) in [6.07, 6.45) is 0. The molecule has 11 heavy (non-hydrogen) atoms. The molecule has 3 nitrogen and oxygen atoms in total. The van der Waals surface area contributed by atoms with Crippen LogP contribution in [0, 0.1) is 6.92 Å². The number of amidine groups is 1. The normalized spacial score (nSPS) is 9.91. The van der Waals surface area contributed by atoms with E-state index >= 15 is 0 Å². The SMILES string of the molecule is Cc1nc(CSC(N)=[NH2+])cs1. The van der Waals surface area contributed by atoms with Gasteiger partial charge in [-0.15, -0.1) is 11.3 Å². The van der Waals surface area contributed by atoms with Crippen LogP contribution in [0.2, 0.25) is 0 Å². The van der Waals surface area contributed by atoms with Gasteiger partial charge in [-0.2, -0.15) is 0 Å². The maximum atomic E-state index is 5.28. The molecule has 0 aliphatic rings. The molecular weight excluding hydrogens is 178 g/mol. The number of rotatable bonds is 2. The molecule has 0 amide bonds. The largest absolute Gasteiger partial charge is 0.300 e. The topological polar surface area (TPSA) is 64.5 Å². The van der Waals surface area contributed by atoms with Gasteiger partial charge in [-0.25, -0.2) is 4.98 Å². The molecule has 0 aliphatic carbocycles. The van der Waals surface area contributed by atoms with Crippen molar-refractivity contribution in [3.05, 3.63) is 16.1 Å². The zero-order chi connectivity index (χ0) is 8.27. The minimum Gasteiger partial charge on any atom is -0.282 e. The summed E-state index contributed by atoms with van der Waals surface area (Å²) in [5.41, 5.74) is 6.33. The highest BCUT2D eigenvalue weighted by Crippen LogP contribution is 2.13. The second kappa shape index (κ2) is 3.73. The van der Waals surface area contributed by atoms with Crippen molar-refractivity contribution in [3.63, 3.8) is 0 Å². The molecule has 0 aromatic carbocycles. The van der Waals surface area contributed by atoms with E-state index in [1.54, 1.807) is 11.3 Å². The van der Waals surface area contributed by atoms with Gasteiger partial charge in [0.2, 0.25) is 0 Å². The number of thiazole rings is 1. The van der Waals surface area contributed by atoms with Crippen LogP contribution in [0.3, 0.4) is 0 Å². The number of hydrogen-bond acceptors (Lipinski definition) is 3. The van der Waals surface area contributed by atoms with Crippen molar-refractivity contribution in [1.29, 1.82) is 0 Å². The van der Waals surface area contributed by atoms with Crippen LogP contribution >= 0.6 is 23.1 Å². The van der Waals surface area contributed by atoms with Crippen molar-refractivity contribution in [2.45, 2.75) is 12.7 Å². The van der Waals surface area contributed by atoms with Crippen molar-refractivity contribution < 1.29 is 5.41 Å². The molecule has 1 heterocycles. The predicted molar refractivity (Wildman–Crippen MR) is 49.3 cm³/mol. The summed E-state index contributed by atoms with van der Waals surface area (Å²) in [4.78, 5) is 4.26. The van der Waals surface area contributed by atoms with Gasteiger partial charge in [0.05, 0.1) is 10.7 Å². The quantitative estimate of drug-likeness (QED) is 0.497. The van der Waals surface area contributed by atoms with Crippen molar-refractivity contribution >= 4 is 28.3 Å². The van der Waals surface area contributed by atoms with Crippen molar-refractivity contribution in [2.75, 3.05) is 0 Å². The number of nitrogens with zero attached hydrogens (tertiary/aromatic N) is 1. The first-order valence-electron chi connectivity index (χ1n) is 3.10. The second-order valence-electron chi connectivity index (χ2n) is 2.05. The molecule has 0 unspecified atom stereocenters. The monoisotopic (exact) mass is 188 g/mol. The summed E-state index contributed by atoms with van der Waals surface area (Å²) in [5, 5.41) is 8.78. The smallest absolute Gasteiger partial charge is 0.282 e. The van der Waals surface area contributed by atoms with Gasteiger partial charge in [-0.1, -0.05) is 0 Å². The fourth-order valence-corrected chi connectivity index (χ4v) is 1.81. The van der Waals surface area contributed by atoms with Crippen molar-refractivity contribution in [3.8, 4) is 0 Å². The predicted octanol–water partition coefficient (Wildman–Crippen LogP) is -0.241. The lowest BCUT2D eigenvalue weighted by Gasteiger charge is -1.88. The minimum atomic E-state index is 0.399. The summed E-state index contributed by atoms with van der Waals surface area (Å²) in [6.45, 7) is 1.98. The average Bonchev–Trinajstić information content (AvgIpc) is 2.31. The van der Waals surface area contributed by atoms with Crippen LogP contribution in [0.5, 0.6) is 0 Å². The van der Waals surface area contributed by atoms with Crippen LogP contribution < -0.4 is 11.1 Å². The van der Waals surface area contributed by atoms with E-state index in [1.165, 1.54) is 11.8 Å². The van der Waals surface area contributed by atoms with Gasteiger partial charge in [0.15, 0.2) is 0 Å². The standard InChI is InChI=1S/C6H9N3S2/c1-4-9-5(2-10-4)3-11-6(7)8/h2H,3H2,1H3,(H3,7,8)/p+1. The molecule has 0 atom stereocenters. The van der Waals surface area contributed by atoms with Gasteiger partial charge in [0, 0.05) is 11.1 Å². The van der Waals surface area contributed by atoms with Crippen LogP contribution in [0.4, 0.5) is 0 Å². The highest BCUT2D eigenvalue weighted by Gasteiger charge is 2.01. The van der Waals surface area contributed by atoms with Gasteiger partial charge in [-0.05, 0) is 18.7 Å². The molecule has 0 spiro atoms. The Morgan fingerprint density at radius 2 is 2.64 bits per heavy atom. The number of nitrogens with two attached hydrogens (primary N) is 2. The van der Waals surface area contributed by atoms with Gasteiger partial charge >= 0.3 is 0 Å². The van der Waals surface area contributed by atoms with E-state index in [0.29, 0.717) is 5.17 Å². The number of aryl methyl sites for hydroxylation is 1. The Morgan fingerprint density at radius 3 is 3.09 bits per heavy atom. The lowest BCUT2D eigenvalue weighted by Crippen LogP contribution is -2.43. The maximum Gasteiger partial charge on any atom is 0.300 e. The molecule has 1 aromatic heterocycles. The number of thioether (sulfide) groups is 1. The van der Waals surface area contributed by atoms with Crippen LogP contribution in [-0.2, 0) is 5.75 Å². The van der Waals surface area contributed by atoms with E-state index in [1.807, 2.05) is 12.3 Å². The molecule has 4 N–H and O–H groups in total. The molecule has 0 aliphatic heterocycles. The molecule has 0 radical (unpaired) electrons. The molecule has 0 bridgehead atoms. The summed E-state index contributed by atoms with van der Waals surface area (Å²) in [5.74, 6) is 0.771. The van der Waals surface area contributed by atoms with E-state index in [2.05, 4.69) is 4.98 Å². The fraction of sp³-hybridized carbons (Fsp3) is 0.333. The highest BCUT2D eigenvalue weighted by molar-refractivity contribution is 8.12. The van der Waals surface area contributed by atoms with Crippen LogP contribution in [0.1, 0.15) is 10.7 Å². The third-order valence-electron chi connectivity index (χ3n) is 1.05. The summed E-state index contributed by atoms with van der Waals surface area (Å²) in [7, 11) is 0. The molecule has 5 heteroatoms. The summed E-state index contributed by atoms with van der Waals surface area (Å²) in [6, 6.07) is 0. The Hall–Kier alpha value is -0.550. The first kappa shape index (κ1) is 8.55. The molecule has 0 saturated carbocycles. The van der Waals surface area contributed by atoms with Crippen LogP contribution in [0.25, 0.3) is 0 Å². The molecule has 1 aromatic rings. The van der Waals surface area contributed by atoms with Crippen LogP contribution in [0.15, 0.2) is 5.38 Å². The third kappa shape index (κ3) is 2.90. The molecular formula is C6H10N3S2+. The molecule has 60 valence electrons.